The fourth-order valence-electron chi connectivity index (χ4n) is 2.39. The van der Waals surface area contributed by atoms with Crippen molar-refractivity contribution in [3.8, 4) is 17.6 Å². The molecule has 21 heavy (non-hydrogen) atoms. The van der Waals surface area contributed by atoms with Crippen molar-refractivity contribution >= 4 is 11.0 Å². The SMILES string of the molecule is N#Cc1cccc(Cn2nnc3cc4c(cc32)OCO4)c1. The first-order valence-electron chi connectivity index (χ1n) is 6.45. The van der Waals surface area contributed by atoms with E-state index in [9.17, 15) is 0 Å². The van der Waals surface area contributed by atoms with Crippen LogP contribution in [0, 0.1) is 11.3 Å². The van der Waals surface area contributed by atoms with Crippen molar-refractivity contribution in [2.75, 3.05) is 6.79 Å². The summed E-state index contributed by atoms with van der Waals surface area (Å²) in [5.41, 5.74) is 3.27. The minimum absolute atomic E-state index is 0.236. The Morgan fingerprint density at radius 2 is 2.05 bits per heavy atom. The molecule has 0 unspecified atom stereocenters. The molecule has 0 aliphatic carbocycles. The van der Waals surface area contributed by atoms with Gasteiger partial charge in [0.15, 0.2) is 11.5 Å². The molecule has 0 saturated heterocycles. The van der Waals surface area contributed by atoms with E-state index >= 15 is 0 Å². The average Bonchev–Trinajstić information content (AvgIpc) is 3.12. The van der Waals surface area contributed by atoms with E-state index in [2.05, 4.69) is 16.4 Å². The zero-order valence-electron chi connectivity index (χ0n) is 11.0. The molecule has 6 nitrogen and oxygen atoms in total. The summed E-state index contributed by atoms with van der Waals surface area (Å²) in [6, 6.07) is 13.3. The van der Waals surface area contributed by atoms with Gasteiger partial charge < -0.3 is 9.47 Å². The molecular weight excluding hydrogens is 268 g/mol. The monoisotopic (exact) mass is 278 g/mol. The number of hydrogen-bond acceptors (Lipinski definition) is 5. The number of nitrogens with zero attached hydrogens (tertiary/aromatic N) is 4. The molecular formula is C15H10N4O2. The van der Waals surface area contributed by atoms with Gasteiger partial charge in [0, 0.05) is 12.1 Å². The second kappa shape index (κ2) is 4.49. The van der Waals surface area contributed by atoms with E-state index in [4.69, 9.17) is 14.7 Å². The molecule has 0 fully saturated rings. The van der Waals surface area contributed by atoms with Gasteiger partial charge in [-0.1, -0.05) is 17.3 Å². The molecule has 0 spiro atoms. The maximum absolute atomic E-state index is 8.95. The molecule has 1 aliphatic heterocycles. The van der Waals surface area contributed by atoms with Crippen LogP contribution >= 0.6 is 0 Å². The van der Waals surface area contributed by atoms with Crippen LogP contribution in [0.15, 0.2) is 36.4 Å². The number of fused-ring (bicyclic) bond motifs is 2. The third-order valence-corrected chi connectivity index (χ3v) is 3.40. The summed E-state index contributed by atoms with van der Waals surface area (Å²) in [7, 11) is 0. The molecule has 0 bridgehead atoms. The predicted molar refractivity (Wildman–Crippen MR) is 73.9 cm³/mol. The molecule has 3 aromatic rings. The van der Waals surface area contributed by atoms with Gasteiger partial charge >= 0.3 is 0 Å². The highest BCUT2D eigenvalue weighted by Crippen LogP contribution is 2.35. The maximum Gasteiger partial charge on any atom is 0.231 e. The van der Waals surface area contributed by atoms with Crippen LogP contribution in [0.25, 0.3) is 11.0 Å². The molecule has 0 radical (unpaired) electrons. The predicted octanol–water partition coefficient (Wildman–Crippen LogP) is 2.08. The summed E-state index contributed by atoms with van der Waals surface area (Å²) in [6.45, 7) is 0.783. The smallest absolute Gasteiger partial charge is 0.231 e. The van der Waals surface area contributed by atoms with Crippen molar-refractivity contribution in [2.45, 2.75) is 6.54 Å². The number of ether oxygens (including phenoxy) is 2. The van der Waals surface area contributed by atoms with E-state index in [0.717, 1.165) is 16.6 Å². The Morgan fingerprint density at radius 3 is 2.90 bits per heavy atom. The van der Waals surface area contributed by atoms with E-state index in [1.165, 1.54) is 0 Å². The lowest BCUT2D eigenvalue weighted by molar-refractivity contribution is 0.174. The van der Waals surface area contributed by atoms with Gasteiger partial charge in [-0.3, -0.25) is 0 Å². The molecule has 1 aromatic heterocycles. The Bertz CT molecular complexity index is 879. The molecule has 2 aromatic carbocycles. The fraction of sp³-hybridized carbons (Fsp3) is 0.133. The van der Waals surface area contributed by atoms with E-state index in [1.54, 1.807) is 10.7 Å². The van der Waals surface area contributed by atoms with Crippen molar-refractivity contribution in [2.24, 2.45) is 0 Å². The van der Waals surface area contributed by atoms with Gasteiger partial charge in [-0.2, -0.15) is 5.26 Å². The number of aromatic nitrogens is 3. The first-order valence-corrected chi connectivity index (χ1v) is 6.45. The highest BCUT2D eigenvalue weighted by Gasteiger charge is 2.17. The average molecular weight is 278 g/mol. The van der Waals surface area contributed by atoms with Gasteiger partial charge in [-0.15, -0.1) is 5.10 Å². The number of rotatable bonds is 2. The zero-order chi connectivity index (χ0) is 14.2. The van der Waals surface area contributed by atoms with Crippen LogP contribution in [-0.2, 0) is 6.54 Å². The van der Waals surface area contributed by atoms with Gasteiger partial charge in [-0.05, 0) is 17.7 Å². The lowest BCUT2D eigenvalue weighted by atomic mass is 10.1. The van der Waals surface area contributed by atoms with Crippen molar-refractivity contribution in [1.82, 2.24) is 15.0 Å². The molecule has 102 valence electrons. The number of benzene rings is 2. The van der Waals surface area contributed by atoms with Crippen molar-refractivity contribution in [3.63, 3.8) is 0 Å². The summed E-state index contributed by atoms with van der Waals surface area (Å²) >= 11 is 0. The maximum atomic E-state index is 8.95. The number of nitriles is 1. The van der Waals surface area contributed by atoms with E-state index < -0.39 is 0 Å². The van der Waals surface area contributed by atoms with E-state index in [1.807, 2.05) is 30.3 Å². The van der Waals surface area contributed by atoms with Crippen LogP contribution in [-0.4, -0.2) is 21.8 Å². The first-order chi connectivity index (χ1) is 10.3. The number of hydrogen-bond donors (Lipinski definition) is 0. The normalized spacial score (nSPS) is 12.5. The zero-order valence-corrected chi connectivity index (χ0v) is 11.0. The van der Waals surface area contributed by atoms with Crippen molar-refractivity contribution in [1.29, 1.82) is 5.26 Å². The van der Waals surface area contributed by atoms with Gasteiger partial charge in [0.1, 0.15) is 5.52 Å². The molecule has 1 aliphatic rings. The van der Waals surface area contributed by atoms with Gasteiger partial charge in [-0.25, -0.2) is 4.68 Å². The Morgan fingerprint density at radius 1 is 1.19 bits per heavy atom. The van der Waals surface area contributed by atoms with Crippen LogP contribution in [0.5, 0.6) is 11.5 Å². The summed E-state index contributed by atoms with van der Waals surface area (Å²) in [6.07, 6.45) is 0. The van der Waals surface area contributed by atoms with Crippen molar-refractivity contribution in [3.05, 3.63) is 47.5 Å². The molecule has 6 heteroatoms. The van der Waals surface area contributed by atoms with Crippen LogP contribution in [0.3, 0.4) is 0 Å². The highest BCUT2D eigenvalue weighted by molar-refractivity contribution is 5.79. The molecule has 2 heterocycles. The van der Waals surface area contributed by atoms with Crippen LogP contribution in [0.4, 0.5) is 0 Å². The molecule has 4 rings (SSSR count). The lowest BCUT2D eigenvalue weighted by Gasteiger charge is -2.03. The third kappa shape index (κ3) is 1.96. The summed E-state index contributed by atoms with van der Waals surface area (Å²) in [4.78, 5) is 0. The fourth-order valence-corrected chi connectivity index (χ4v) is 2.39. The first kappa shape index (κ1) is 11.7. The molecule has 0 N–H and O–H groups in total. The van der Waals surface area contributed by atoms with E-state index in [-0.39, 0.29) is 6.79 Å². The third-order valence-electron chi connectivity index (χ3n) is 3.40. The Labute approximate surface area is 120 Å². The van der Waals surface area contributed by atoms with Crippen molar-refractivity contribution < 1.29 is 9.47 Å². The van der Waals surface area contributed by atoms with Crippen LogP contribution in [0.1, 0.15) is 11.1 Å². The van der Waals surface area contributed by atoms with Crippen LogP contribution < -0.4 is 9.47 Å². The minimum atomic E-state index is 0.236. The topological polar surface area (TPSA) is 73.0 Å². The summed E-state index contributed by atoms with van der Waals surface area (Å²) in [5.74, 6) is 1.40. The summed E-state index contributed by atoms with van der Waals surface area (Å²) in [5, 5.41) is 17.3. The van der Waals surface area contributed by atoms with Gasteiger partial charge in [0.05, 0.1) is 23.7 Å². The highest BCUT2D eigenvalue weighted by atomic mass is 16.7. The van der Waals surface area contributed by atoms with Gasteiger partial charge in [0.2, 0.25) is 6.79 Å². The largest absolute Gasteiger partial charge is 0.454 e. The van der Waals surface area contributed by atoms with E-state index in [0.29, 0.717) is 23.6 Å². The Hall–Kier alpha value is -3.07. The lowest BCUT2D eigenvalue weighted by Crippen LogP contribution is -2.02. The molecule has 0 amide bonds. The second-order valence-electron chi connectivity index (χ2n) is 4.75. The molecule has 0 atom stereocenters. The summed E-state index contributed by atoms with van der Waals surface area (Å²) < 4.78 is 12.5. The Kier molecular flexibility index (Phi) is 2.51. The van der Waals surface area contributed by atoms with Gasteiger partial charge in [0.25, 0.3) is 0 Å². The second-order valence-corrected chi connectivity index (χ2v) is 4.75. The quantitative estimate of drug-likeness (QED) is 0.717. The van der Waals surface area contributed by atoms with Crippen LogP contribution in [0.2, 0.25) is 0 Å². The standard InChI is InChI=1S/C15H10N4O2/c16-7-10-2-1-3-11(4-10)8-19-13-6-15-14(20-9-21-15)5-12(13)17-18-19/h1-6H,8-9H2. The minimum Gasteiger partial charge on any atom is -0.454 e. The Balaban J connectivity index is 1.75. The molecule has 0 saturated carbocycles.